The number of aryl methyl sites for hydroxylation is 1. The van der Waals surface area contributed by atoms with E-state index in [-0.39, 0.29) is 5.75 Å². The number of hydrogen-bond donors (Lipinski definition) is 2. The van der Waals surface area contributed by atoms with Gasteiger partial charge in [0.05, 0.1) is 23.2 Å². The summed E-state index contributed by atoms with van der Waals surface area (Å²) < 4.78 is 39.9. The van der Waals surface area contributed by atoms with Gasteiger partial charge in [-0.2, -0.15) is 5.10 Å². The maximum absolute atomic E-state index is 12.9. The van der Waals surface area contributed by atoms with E-state index in [1.54, 1.807) is 12.3 Å². The molecule has 1 heterocycles. The van der Waals surface area contributed by atoms with Crippen LogP contribution in [0.5, 0.6) is 0 Å². The Bertz CT molecular complexity index is 918. The zero-order valence-corrected chi connectivity index (χ0v) is 12.6. The third-order valence-electron chi connectivity index (χ3n) is 3.32. The van der Waals surface area contributed by atoms with E-state index in [1.165, 1.54) is 24.3 Å². The zero-order chi connectivity index (χ0) is 15.7. The van der Waals surface area contributed by atoms with E-state index in [4.69, 9.17) is 0 Å². The Morgan fingerprint density at radius 1 is 1.23 bits per heavy atom. The lowest BCUT2D eigenvalue weighted by atomic mass is 10.1. The van der Waals surface area contributed by atoms with Crippen molar-refractivity contribution >= 4 is 26.6 Å². The summed E-state index contributed by atoms with van der Waals surface area (Å²) >= 11 is 0. The van der Waals surface area contributed by atoms with Gasteiger partial charge in [-0.3, -0.25) is 9.82 Å². The third kappa shape index (κ3) is 3.09. The normalized spacial score (nSPS) is 11.7. The Morgan fingerprint density at radius 3 is 2.68 bits per heavy atom. The van der Waals surface area contributed by atoms with Crippen LogP contribution >= 0.6 is 0 Å². The second kappa shape index (κ2) is 5.42. The smallest absolute Gasteiger partial charge is 0.236 e. The van der Waals surface area contributed by atoms with E-state index in [0.29, 0.717) is 11.3 Å². The van der Waals surface area contributed by atoms with Crippen LogP contribution in [0.1, 0.15) is 11.1 Å². The van der Waals surface area contributed by atoms with Gasteiger partial charge in [-0.25, -0.2) is 12.8 Å². The van der Waals surface area contributed by atoms with Crippen molar-refractivity contribution in [2.45, 2.75) is 12.7 Å². The molecule has 0 saturated carbocycles. The molecule has 0 fully saturated rings. The van der Waals surface area contributed by atoms with E-state index < -0.39 is 15.8 Å². The Hall–Kier alpha value is -2.41. The van der Waals surface area contributed by atoms with Crippen molar-refractivity contribution in [2.24, 2.45) is 0 Å². The number of anilines is 1. The molecule has 0 atom stereocenters. The fourth-order valence-electron chi connectivity index (χ4n) is 2.21. The Morgan fingerprint density at radius 2 is 1.95 bits per heavy atom. The lowest BCUT2D eigenvalue weighted by Crippen LogP contribution is -2.15. The van der Waals surface area contributed by atoms with Crippen molar-refractivity contribution in [3.8, 4) is 0 Å². The molecule has 0 spiro atoms. The molecule has 0 radical (unpaired) electrons. The van der Waals surface area contributed by atoms with Crippen LogP contribution in [-0.2, 0) is 15.8 Å². The number of aromatic nitrogens is 2. The summed E-state index contributed by atoms with van der Waals surface area (Å²) in [6.45, 7) is 1.82. The molecule has 5 nitrogen and oxygen atoms in total. The topological polar surface area (TPSA) is 74.8 Å². The second-order valence-corrected chi connectivity index (χ2v) is 6.83. The van der Waals surface area contributed by atoms with E-state index in [2.05, 4.69) is 14.9 Å². The standard InChI is InChI=1S/C15H14FN3O2S/c1-10-6-15-12(8-17-18-15)7-14(10)19-22(20,21)9-11-2-4-13(16)5-3-11/h2-8,19H,9H2,1H3,(H,17,18). The predicted octanol–water partition coefficient (Wildman–Crippen LogP) is 2.95. The summed E-state index contributed by atoms with van der Waals surface area (Å²) in [6.07, 6.45) is 1.63. The van der Waals surface area contributed by atoms with Crippen molar-refractivity contribution in [1.29, 1.82) is 0 Å². The quantitative estimate of drug-likeness (QED) is 0.776. The molecule has 0 unspecified atom stereocenters. The molecule has 0 bridgehead atoms. The molecule has 0 aliphatic rings. The molecule has 0 aliphatic heterocycles. The number of hydrogen-bond acceptors (Lipinski definition) is 3. The number of rotatable bonds is 4. The first-order chi connectivity index (χ1) is 10.4. The lowest BCUT2D eigenvalue weighted by molar-refractivity contribution is 0.600. The van der Waals surface area contributed by atoms with Gasteiger partial charge in [-0.05, 0) is 42.3 Å². The Kier molecular flexibility index (Phi) is 3.58. The van der Waals surface area contributed by atoms with Crippen LogP contribution in [0.15, 0.2) is 42.6 Å². The number of sulfonamides is 1. The van der Waals surface area contributed by atoms with Crippen molar-refractivity contribution < 1.29 is 12.8 Å². The van der Waals surface area contributed by atoms with Gasteiger partial charge in [-0.15, -0.1) is 0 Å². The number of H-pyrrole nitrogens is 1. The van der Waals surface area contributed by atoms with Crippen LogP contribution in [-0.4, -0.2) is 18.6 Å². The summed E-state index contributed by atoms with van der Waals surface area (Å²) in [4.78, 5) is 0. The fraction of sp³-hybridized carbons (Fsp3) is 0.133. The average molecular weight is 319 g/mol. The highest BCUT2D eigenvalue weighted by molar-refractivity contribution is 7.91. The SMILES string of the molecule is Cc1cc2[nH]ncc2cc1NS(=O)(=O)Cc1ccc(F)cc1. The number of aromatic amines is 1. The minimum absolute atomic E-state index is 0.212. The van der Waals surface area contributed by atoms with Crippen molar-refractivity contribution in [3.05, 3.63) is 59.5 Å². The monoisotopic (exact) mass is 319 g/mol. The number of nitrogens with one attached hydrogen (secondary N) is 2. The molecule has 0 aliphatic carbocycles. The average Bonchev–Trinajstić information content (AvgIpc) is 2.88. The predicted molar refractivity (Wildman–Crippen MR) is 83.5 cm³/mol. The van der Waals surface area contributed by atoms with Gasteiger partial charge >= 0.3 is 0 Å². The molecule has 114 valence electrons. The minimum Gasteiger partial charge on any atom is -0.283 e. The zero-order valence-electron chi connectivity index (χ0n) is 11.8. The van der Waals surface area contributed by atoms with E-state index in [9.17, 15) is 12.8 Å². The van der Waals surface area contributed by atoms with Gasteiger partial charge < -0.3 is 0 Å². The maximum atomic E-state index is 12.9. The molecule has 0 amide bonds. The summed E-state index contributed by atoms with van der Waals surface area (Å²) in [5, 5.41) is 7.58. The molecule has 22 heavy (non-hydrogen) atoms. The molecule has 2 N–H and O–H groups in total. The highest BCUT2D eigenvalue weighted by Gasteiger charge is 2.14. The summed E-state index contributed by atoms with van der Waals surface area (Å²) in [5.74, 6) is -0.605. The first-order valence-corrected chi connectivity index (χ1v) is 8.27. The van der Waals surface area contributed by atoms with Crippen LogP contribution in [0, 0.1) is 12.7 Å². The van der Waals surface area contributed by atoms with E-state index in [0.717, 1.165) is 16.5 Å². The first kappa shape index (κ1) is 14.5. The number of nitrogens with zero attached hydrogens (tertiary/aromatic N) is 1. The summed E-state index contributed by atoms with van der Waals surface area (Å²) in [6, 6.07) is 8.97. The van der Waals surface area contributed by atoms with Gasteiger partial charge in [0.25, 0.3) is 0 Å². The molecule has 3 aromatic rings. The molecule has 1 aromatic heterocycles. The highest BCUT2D eigenvalue weighted by Crippen LogP contribution is 2.23. The Balaban J connectivity index is 1.86. The van der Waals surface area contributed by atoms with Crippen molar-refractivity contribution in [2.75, 3.05) is 4.72 Å². The Labute approximate surface area is 127 Å². The molecule has 3 rings (SSSR count). The number of fused-ring (bicyclic) bond motifs is 1. The molecule has 2 aromatic carbocycles. The van der Waals surface area contributed by atoms with Gasteiger partial charge in [-0.1, -0.05) is 12.1 Å². The molecular formula is C15H14FN3O2S. The maximum Gasteiger partial charge on any atom is 0.236 e. The largest absolute Gasteiger partial charge is 0.283 e. The van der Waals surface area contributed by atoms with Crippen LogP contribution in [0.2, 0.25) is 0 Å². The van der Waals surface area contributed by atoms with Gasteiger partial charge in [0, 0.05) is 5.39 Å². The highest BCUT2D eigenvalue weighted by atomic mass is 32.2. The lowest BCUT2D eigenvalue weighted by Gasteiger charge is -2.11. The number of halogens is 1. The molecule has 0 saturated heterocycles. The van der Waals surface area contributed by atoms with E-state index >= 15 is 0 Å². The van der Waals surface area contributed by atoms with Crippen LogP contribution < -0.4 is 4.72 Å². The summed E-state index contributed by atoms with van der Waals surface area (Å²) in [5.41, 5.74) is 2.67. The first-order valence-electron chi connectivity index (χ1n) is 6.62. The van der Waals surface area contributed by atoms with Gasteiger partial charge in [0.15, 0.2) is 0 Å². The van der Waals surface area contributed by atoms with Crippen LogP contribution in [0.25, 0.3) is 10.9 Å². The second-order valence-electron chi connectivity index (χ2n) is 5.11. The van der Waals surface area contributed by atoms with Crippen LogP contribution in [0.4, 0.5) is 10.1 Å². The van der Waals surface area contributed by atoms with Crippen LogP contribution in [0.3, 0.4) is 0 Å². The third-order valence-corrected chi connectivity index (χ3v) is 4.56. The van der Waals surface area contributed by atoms with Crippen molar-refractivity contribution in [1.82, 2.24) is 10.2 Å². The van der Waals surface area contributed by atoms with E-state index in [1.807, 2.05) is 13.0 Å². The van der Waals surface area contributed by atoms with Gasteiger partial charge in [0.2, 0.25) is 10.0 Å². The molecule has 7 heteroatoms. The van der Waals surface area contributed by atoms with Gasteiger partial charge in [0.1, 0.15) is 5.82 Å². The fourth-order valence-corrected chi connectivity index (χ4v) is 3.47. The van der Waals surface area contributed by atoms with Crippen molar-refractivity contribution in [3.63, 3.8) is 0 Å². The summed E-state index contributed by atoms with van der Waals surface area (Å²) in [7, 11) is -3.58. The number of benzene rings is 2. The molecular weight excluding hydrogens is 305 g/mol. The minimum atomic E-state index is -3.58.